The number of nitrogens with zero attached hydrogens (tertiary/aromatic N) is 1. The van der Waals surface area contributed by atoms with Crippen LogP contribution in [0.4, 0.5) is 4.79 Å². The number of carbonyl (C=O) groups is 1. The predicted molar refractivity (Wildman–Crippen MR) is 107 cm³/mol. The van der Waals surface area contributed by atoms with Crippen LogP contribution in [0.15, 0.2) is 30.5 Å². The first-order valence-corrected chi connectivity index (χ1v) is 9.59. The number of benzene rings is 1. The number of alkyl carbamates (subject to hydrolysis) is 1. The topological polar surface area (TPSA) is 63.2 Å². The highest BCUT2D eigenvalue weighted by molar-refractivity contribution is 7.15. The Kier molecular flexibility index (Phi) is 6.42. The second-order valence-electron chi connectivity index (χ2n) is 8.24. The lowest BCUT2D eigenvalue weighted by Crippen LogP contribution is -2.37. The number of ether oxygens (including phenoxy) is 1. The largest absolute Gasteiger partial charge is 0.444 e. The van der Waals surface area contributed by atoms with Crippen molar-refractivity contribution in [3.8, 4) is 10.6 Å². The van der Waals surface area contributed by atoms with E-state index in [1.807, 2.05) is 27.0 Å². The Morgan fingerprint density at radius 3 is 2.35 bits per heavy atom. The van der Waals surface area contributed by atoms with Gasteiger partial charge in [0.1, 0.15) is 10.6 Å². The summed E-state index contributed by atoms with van der Waals surface area (Å²) in [5.74, 6) is 0. The molecule has 1 aromatic heterocycles. The Hall–Kier alpha value is -1.92. The third kappa shape index (κ3) is 6.42. The van der Waals surface area contributed by atoms with Gasteiger partial charge in [-0.2, -0.15) is 0 Å². The quantitative estimate of drug-likeness (QED) is 0.588. The van der Waals surface area contributed by atoms with E-state index in [9.17, 15) is 4.79 Å². The Bertz CT molecular complexity index is 725. The van der Waals surface area contributed by atoms with Gasteiger partial charge in [0.05, 0.1) is 6.67 Å². The smallest absolute Gasteiger partial charge is 0.408 e. The van der Waals surface area contributed by atoms with Crippen molar-refractivity contribution in [2.75, 3.05) is 6.67 Å². The van der Waals surface area contributed by atoms with Gasteiger partial charge in [-0.1, -0.05) is 45.0 Å². The van der Waals surface area contributed by atoms with Gasteiger partial charge < -0.3 is 10.1 Å². The highest BCUT2D eigenvalue weighted by atomic mass is 32.1. The van der Waals surface area contributed by atoms with Gasteiger partial charge in [0.25, 0.3) is 0 Å². The van der Waals surface area contributed by atoms with Crippen LogP contribution in [-0.4, -0.2) is 23.3 Å². The summed E-state index contributed by atoms with van der Waals surface area (Å²) in [4.78, 5) is 17.2. The Morgan fingerprint density at radius 2 is 1.77 bits per heavy atom. The summed E-state index contributed by atoms with van der Waals surface area (Å²) in [5, 5.41) is 6.85. The summed E-state index contributed by atoms with van der Waals surface area (Å²) in [6.45, 7) is 13.1. The fraction of sp³-hybridized carbons (Fsp3) is 0.500. The average molecular weight is 376 g/mol. The Morgan fingerprint density at radius 1 is 1.12 bits per heavy atom. The van der Waals surface area contributed by atoms with Gasteiger partial charge in [-0.05, 0) is 31.7 Å². The van der Waals surface area contributed by atoms with E-state index >= 15 is 0 Å². The standard InChI is InChI=1S/C20H29N3O2S/c1-19(2,3)15-9-7-14(8-10-15)17-22-12-16(26-17)11-21-13-23-18(24)25-20(4,5)6/h7-10,12,21H,11,13H2,1-6H3,(H,23,24). The molecule has 2 rings (SSSR count). The molecular weight excluding hydrogens is 346 g/mol. The molecule has 0 spiro atoms. The lowest BCUT2D eigenvalue weighted by atomic mass is 9.87. The first-order valence-electron chi connectivity index (χ1n) is 8.78. The molecule has 142 valence electrons. The molecule has 1 amide bonds. The molecule has 0 fully saturated rings. The summed E-state index contributed by atoms with van der Waals surface area (Å²) in [6.07, 6.45) is 1.45. The van der Waals surface area contributed by atoms with Crippen LogP contribution >= 0.6 is 11.3 Å². The number of rotatable bonds is 5. The Labute approximate surface area is 160 Å². The van der Waals surface area contributed by atoms with E-state index in [0.29, 0.717) is 13.2 Å². The number of carbonyl (C=O) groups excluding carboxylic acids is 1. The van der Waals surface area contributed by atoms with Crippen molar-refractivity contribution in [1.82, 2.24) is 15.6 Å². The third-order valence-corrected chi connectivity index (χ3v) is 4.65. The normalized spacial score (nSPS) is 12.1. The summed E-state index contributed by atoms with van der Waals surface area (Å²) in [5.41, 5.74) is 2.10. The number of thiazole rings is 1. The molecule has 5 nitrogen and oxygen atoms in total. The van der Waals surface area contributed by atoms with Crippen LogP contribution in [0.25, 0.3) is 10.6 Å². The first-order chi connectivity index (χ1) is 12.0. The molecule has 0 aliphatic heterocycles. The number of hydrogen-bond donors (Lipinski definition) is 2. The number of nitrogens with one attached hydrogen (secondary N) is 2. The molecule has 0 saturated carbocycles. The van der Waals surface area contributed by atoms with Crippen LogP contribution < -0.4 is 10.6 Å². The highest BCUT2D eigenvalue weighted by Crippen LogP contribution is 2.28. The molecule has 2 aromatic rings. The second kappa shape index (κ2) is 8.18. The van der Waals surface area contributed by atoms with Crippen molar-refractivity contribution in [3.05, 3.63) is 40.9 Å². The molecule has 2 N–H and O–H groups in total. The molecule has 0 atom stereocenters. The molecule has 0 bridgehead atoms. The first kappa shape index (κ1) is 20.4. The van der Waals surface area contributed by atoms with Gasteiger partial charge >= 0.3 is 6.09 Å². The van der Waals surface area contributed by atoms with Crippen molar-refractivity contribution >= 4 is 17.4 Å². The molecule has 6 heteroatoms. The second-order valence-corrected chi connectivity index (χ2v) is 9.36. The van der Waals surface area contributed by atoms with Crippen molar-refractivity contribution < 1.29 is 9.53 Å². The molecular formula is C20H29N3O2S. The molecule has 1 aromatic carbocycles. The van der Waals surface area contributed by atoms with E-state index < -0.39 is 11.7 Å². The zero-order chi connectivity index (χ0) is 19.4. The van der Waals surface area contributed by atoms with E-state index in [2.05, 4.69) is 60.7 Å². The summed E-state index contributed by atoms with van der Waals surface area (Å²) in [6, 6.07) is 8.58. The van der Waals surface area contributed by atoms with Gasteiger partial charge in [0, 0.05) is 23.2 Å². The van der Waals surface area contributed by atoms with Crippen LogP contribution in [0.5, 0.6) is 0 Å². The zero-order valence-electron chi connectivity index (χ0n) is 16.5. The molecule has 0 unspecified atom stereocenters. The fourth-order valence-corrected chi connectivity index (χ4v) is 3.16. The summed E-state index contributed by atoms with van der Waals surface area (Å²) >= 11 is 1.65. The Balaban J connectivity index is 1.83. The molecule has 0 aliphatic rings. The predicted octanol–water partition coefficient (Wildman–Crippen LogP) is 4.68. The van der Waals surface area contributed by atoms with Crippen LogP contribution in [-0.2, 0) is 16.7 Å². The van der Waals surface area contributed by atoms with Crippen molar-refractivity contribution in [3.63, 3.8) is 0 Å². The van der Waals surface area contributed by atoms with Crippen molar-refractivity contribution in [2.24, 2.45) is 0 Å². The van der Waals surface area contributed by atoms with E-state index in [0.717, 1.165) is 15.4 Å². The maximum atomic E-state index is 11.6. The lowest BCUT2D eigenvalue weighted by molar-refractivity contribution is 0.0523. The molecule has 0 aliphatic carbocycles. The van der Waals surface area contributed by atoms with E-state index in [1.54, 1.807) is 11.3 Å². The third-order valence-electron chi connectivity index (χ3n) is 3.61. The lowest BCUT2D eigenvalue weighted by Gasteiger charge is -2.19. The maximum absolute atomic E-state index is 11.6. The van der Waals surface area contributed by atoms with Crippen LogP contribution in [0.2, 0.25) is 0 Å². The van der Waals surface area contributed by atoms with Gasteiger partial charge in [-0.3, -0.25) is 5.32 Å². The minimum absolute atomic E-state index is 0.150. The average Bonchev–Trinajstić information content (AvgIpc) is 2.98. The molecule has 1 heterocycles. The highest BCUT2D eigenvalue weighted by Gasteiger charge is 2.16. The van der Waals surface area contributed by atoms with E-state index in [-0.39, 0.29) is 5.41 Å². The SMILES string of the molecule is CC(C)(C)OC(=O)NCNCc1cnc(-c2ccc(C(C)(C)C)cc2)s1. The fourth-order valence-electron chi connectivity index (χ4n) is 2.27. The summed E-state index contributed by atoms with van der Waals surface area (Å²) in [7, 11) is 0. The van der Waals surface area contributed by atoms with E-state index in [4.69, 9.17) is 4.74 Å². The van der Waals surface area contributed by atoms with Gasteiger partial charge in [-0.25, -0.2) is 9.78 Å². The monoisotopic (exact) mass is 375 g/mol. The number of aromatic nitrogens is 1. The van der Waals surface area contributed by atoms with Gasteiger partial charge in [-0.15, -0.1) is 11.3 Å². The minimum atomic E-state index is -0.487. The van der Waals surface area contributed by atoms with Crippen LogP contribution in [0.1, 0.15) is 52.0 Å². The summed E-state index contributed by atoms with van der Waals surface area (Å²) < 4.78 is 5.19. The number of amides is 1. The van der Waals surface area contributed by atoms with E-state index in [1.165, 1.54) is 5.56 Å². The van der Waals surface area contributed by atoms with Crippen LogP contribution in [0.3, 0.4) is 0 Å². The van der Waals surface area contributed by atoms with Crippen molar-refractivity contribution in [2.45, 2.75) is 59.1 Å². The molecule has 0 radical (unpaired) electrons. The number of hydrogen-bond acceptors (Lipinski definition) is 5. The van der Waals surface area contributed by atoms with Gasteiger partial charge in [0.2, 0.25) is 0 Å². The molecule has 0 saturated heterocycles. The van der Waals surface area contributed by atoms with Crippen LogP contribution in [0, 0.1) is 0 Å². The minimum Gasteiger partial charge on any atom is -0.444 e. The molecule has 26 heavy (non-hydrogen) atoms. The maximum Gasteiger partial charge on any atom is 0.408 e. The van der Waals surface area contributed by atoms with Crippen molar-refractivity contribution in [1.29, 1.82) is 0 Å². The van der Waals surface area contributed by atoms with Gasteiger partial charge in [0.15, 0.2) is 0 Å². The zero-order valence-corrected chi connectivity index (χ0v) is 17.3.